The van der Waals surface area contributed by atoms with Gasteiger partial charge in [-0.2, -0.15) is 5.10 Å². The zero-order chi connectivity index (χ0) is 15.5. The first-order valence-corrected chi connectivity index (χ1v) is 7.64. The lowest BCUT2D eigenvalue weighted by atomic mass is 10.2. The molecule has 0 bridgehead atoms. The van der Waals surface area contributed by atoms with Crippen molar-refractivity contribution in [1.29, 1.82) is 0 Å². The molecular weight excluding hydrogens is 304 g/mol. The van der Waals surface area contributed by atoms with Gasteiger partial charge >= 0.3 is 5.97 Å². The molecule has 0 saturated heterocycles. The number of fused-ring (bicyclic) bond motifs is 1. The molecule has 2 heterocycles. The number of H-pyrrole nitrogens is 2. The molecule has 0 atom stereocenters. The summed E-state index contributed by atoms with van der Waals surface area (Å²) in [7, 11) is 0. The van der Waals surface area contributed by atoms with Crippen LogP contribution in [-0.2, 0) is 11.3 Å². The minimum atomic E-state index is -0.565. The Morgan fingerprint density at radius 2 is 2.18 bits per heavy atom. The second-order valence-electron chi connectivity index (χ2n) is 4.44. The van der Waals surface area contributed by atoms with Gasteiger partial charge in [0.15, 0.2) is 10.9 Å². The lowest BCUT2D eigenvalue weighted by molar-refractivity contribution is 0.0462. The van der Waals surface area contributed by atoms with E-state index < -0.39 is 5.97 Å². The van der Waals surface area contributed by atoms with Crippen molar-refractivity contribution in [3.05, 3.63) is 52.1 Å². The maximum absolute atomic E-state index is 12.1. The third-order valence-corrected chi connectivity index (χ3v) is 3.56. The number of aromatic amines is 2. The number of rotatable bonds is 4. The summed E-state index contributed by atoms with van der Waals surface area (Å²) in [6.45, 7) is -0.0858. The number of nitrogens with zero attached hydrogens (tertiary/aromatic N) is 2. The Kier molecular flexibility index (Phi) is 3.92. The molecule has 0 saturated carbocycles. The highest BCUT2D eigenvalue weighted by Gasteiger charge is 2.15. The van der Waals surface area contributed by atoms with Gasteiger partial charge in [-0.1, -0.05) is 30.0 Å². The standard InChI is InChI=1S/C14H12N4O3S/c1-22-14-15-8(6-11(19)16-14)7-21-13(20)12-9-4-2-3-5-10(9)17-18-12/h2-6H,7H2,1H3,(H,17,18)(H,15,16,19). The number of aromatic nitrogens is 4. The summed E-state index contributed by atoms with van der Waals surface area (Å²) in [4.78, 5) is 30.3. The second-order valence-corrected chi connectivity index (χ2v) is 5.23. The van der Waals surface area contributed by atoms with E-state index >= 15 is 0 Å². The van der Waals surface area contributed by atoms with Crippen LogP contribution in [0.2, 0.25) is 0 Å². The Morgan fingerprint density at radius 1 is 1.36 bits per heavy atom. The molecule has 0 fully saturated rings. The first-order valence-electron chi connectivity index (χ1n) is 6.42. The highest BCUT2D eigenvalue weighted by molar-refractivity contribution is 7.98. The molecule has 0 aliphatic carbocycles. The van der Waals surface area contributed by atoms with Gasteiger partial charge in [-0.05, 0) is 12.3 Å². The summed E-state index contributed by atoms with van der Waals surface area (Å²) >= 11 is 1.31. The van der Waals surface area contributed by atoms with E-state index in [2.05, 4.69) is 20.2 Å². The second kappa shape index (κ2) is 6.02. The lowest BCUT2D eigenvalue weighted by Gasteiger charge is -2.04. The Hall–Kier alpha value is -2.61. The van der Waals surface area contributed by atoms with Gasteiger partial charge in [0.25, 0.3) is 5.56 Å². The van der Waals surface area contributed by atoms with Crippen LogP contribution < -0.4 is 5.56 Å². The van der Waals surface area contributed by atoms with Gasteiger partial charge in [0.1, 0.15) is 6.61 Å². The molecule has 0 spiro atoms. The van der Waals surface area contributed by atoms with Crippen molar-refractivity contribution < 1.29 is 9.53 Å². The Labute approximate surface area is 129 Å². The molecule has 3 aromatic rings. The van der Waals surface area contributed by atoms with Crippen LogP contribution in [0.15, 0.2) is 40.3 Å². The number of carbonyl (C=O) groups excluding carboxylic acids is 1. The van der Waals surface area contributed by atoms with E-state index in [9.17, 15) is 9.59 Å². The third kappa shape index (κ3) is 2.86. The molecule has 3 rings (SSSR count). The Morgan fingerprint density at radius 3 is 3.00 bits per heavy atom. The first kappa shape index (κ1) is 14.3. The minimum absolute atomic E-state index is 0.0858. The zero-order valence-corrected chi connectivity index (χ0v) is 12.4. The topological polar surface area (TPSA) is 101 Å². The van der Waals surface area contributed by atoms with Crippen molar-refractivity contribution in [3.8, 4) is 0 Å². The molecule has 8 heteroatoms. The maximum atomic E-state index is 12.1. The molecule has 1 aromatic carbocycles. The van der Waals surface area contributed by atoms with Crippen molar-refractivity contribution in [3.63, 3.8) is 0 Å². The number of nitrogens with one attached hydrogen (secondary N) is 2. The average molecular weight is 316 g/mol. The summed E-state index contributed by atoms with van der Waals surface area (Å²) in [5, 5.41) is 7.90. The molecule has 2 N–H and O–H groups in total. The molecule has 7 nitrogen and oxygen atoms in total. The van der Waals surface area contributed by atoms with Crippen LogP contribution in [0, 0.1) is 0 Å². The van der Waals surface area contributed by atoms with Crippen molar-refractivity contribution in [2.45, 2.75) is 11.8 Å². The minimum Gasteiger partial charge on any atom is -0.454 e. The van der Waals surface area contributed by atoms with E-state index in [1.807, 2.05) is 18.2 Å². The van der Waals surface area contributed by atoms with Crippen molar-refractivity contribution in [1.82, 2.24) is 20.2 Å². The van der Waals surface area contributed by atoms with Crippen LogP contribution in [0.3, 0.4) is 0 Å². The fourth-order valence-electron chi connectivity index (χ4n) is 1.98. The molecule has 22 heavy (non-hydrogen) atoms. The van der Waals surface area contributed by atoms with E-state index in [1.165, 1.54) is 17.8 Å². The fourth-order valence-corrected chi connectivity index (χ4v) is 2.39. The fraction of sp³-hybridized carbons (Fsp3) is 0.143. The molecule has 112 valence electrons. The monoisotopic (exact) mass is 316 g/mol. The van der Waals surface area contributed by atoms with Gasteiger partial charge in [0, 0.05) is 11.5 Å². The lowest BCUT2D eigenvalue weighted by Crippen LogP contribution is -2.13. The van der Waals surface area contributed by atoms with Gasteiger partial charge < -0.3 is 9.72 Å². The number of hydrogen-bond donors (Lipinski definition) is 2. The third-order valence-electron chi connectivity index (χ3n) is 2.98. The van der Waals surface area contributed by atoms with E-state index in [-0.39, 0.29) is 17.9 Å². The zero-order valence-electron chi connectivity index (χ0n) is 11.6. The van der Waals surface area contributed by atoms with Crippen LogP contribution in [-0.4, -0.2) is 32.4 Å². The number of esters is 1. The predicted octanol–water partition coefficient (Wildman–Crippen LogP) is 1.73. The highest BCUT2D eigenvalue weighted by atomic mass is 32.2. The van der Waals surface area contributed by atoms with Gasteiger partial charge in [0.05, 0.1) is 11.2 Å². The first-order chi connectivity index (χ1) is 10.7. The molecule has 0 unspecified atom stereocenters. The van der Waals surface area contributed by atoms with Gasteiger partial charge in [0.2, 0.25) is 0 Å². The number of carbonyl (C=O) groups is 1. The summed E-state index contributed by atoms with van der Waals surface area (Å²) < 4.78 is 5.19. The van der Waals surface area contributed by atoms with Crippen LogP contribution in [0.25, 0.3) is 10.9 Å². The molecular formula is C14H12N4O3S. The summed E-state index contributed by atoms with van der Waals surface area (Å²) in [6.07, 6.45) is 1.80. The largest absolute Gasteiger partial charge is 0.454 e. The van der Waals surface area contributed by atoms with Crippen molar-refractivity contribution in [2.24, 2.45) is 0 Å². The SMILES string of the molecule is CSc1nc(COC(=O)c2n[nH]c3ccccc23)cc(=O)[nH]1. The van der Waals surface area contributed by atoms with Crippen molar-refractivity contribution in [2.75, 3.05) is 6.26 Å². The normalized spacial score (nSPS) is 10.8. The number of thioether (sulfide) groups is 1. The Balaban J connectivity index is 1.78. The quantitative estimate of drug-likeness (QED) is 0.432. The van der Waals surface area contributed by atoms with Crippen molar-refractivity contribution >= 4 is 28.6 Å². The van der Waals surface area contributed by atoms with E-state index in [4.69, 9.17) is 4.74 Å². The maximum Gasteiger partial charge on any atom is 0.359 e. The molecule has 0 radical (unpaired) electrons. The van der Waals surface area contributed by atoms with Gasteiger partial charge in [-0.3, -0.25) is 9.89 Å². The summed E-state index contributed by atoms with van der Waals surface area (Å²) in [5.41, 5.74) is 1.08. The van der Waals surface area contributed by atoms with E-state index in [0.717, 1.165) is 5.52 Å². The van der Waals surface area contributed by atoms with E-state index in [1.54, 1.807) is 12.3 Å². The average Bonchev–Trinajstić information content (AvgIpc) is 2.96. The number of para-hydroxylation sites is 1. The molecule has 0 aliphatic heterocycles. The van der Waals surface area contributed by atoms with Crippen LogP contribution in [0.1, 0.15) is 16.2 Å². The summed E-state index contributed by atoms with van der Waals surface area (Å²) in [6, 6.07) is 8.57. The number of hydrogen-bond acceptors (Lipinski definition) is 6. The Bertz CT molecular complexity index is 887. The van der Waals surface area contributed by atoms with Crippen LogP contribution >= 0.6 is 11.8 Å². The van der Waals surface area contributed by atoms with Gasteiger partial charge in [-0.15, -0.1) is 0 Å². The molecule has 2 aromatic heterocycles. The smallest absolute Gasteiger partial charge is 0.359 e. The van der Waals surface area contributed by atoms with Crippen LogP contribution in [0.4, 0.5) is 0 Å². The molecule has 0 aliphatic rings. The van der Waals surface area contributed by atoms with E-state index in [0.29, 0.717) is 16.2 Å². The van der Waals surface area contributed by atoms with Crippen LogP contribution in [0.5, 0.6) is 0 Å². The number of ether oxygens (including phenoxy) is 1. The highest BCUT2D eigenvalue weighted by Crippen LogP contribution is 2.16. The number of benzene rings is 1. The summed E-state index contributed by atoms with van der Waals surface area (Å²) in [5.74, 6) is -0.565. The molecule has 0 amide bonds. The predicted molar refractivity (Wildman–Crippen MR) is 81.9 cm³/mol. The van der Waals surface area contributed by atoms with Gasteiger partial charge in [-0.25, -0.2) is 9.78 Å².